The van der Waals surface area contributed by atoms with Crippen molar-refractivity contribution in [2.24, 2.45) is 0 Å². The van der Waals surface area contributed by atoms with Crippen LogP contribution in [0.3, 0.4) is 0 Å². The van der Waals surface area contributed by atoms with Crippen LogP contribution in [0.15, 0.2) is 24.5 Å². The number of hydrogen-bond acceptors (Lipinski definition) is 1. The lowest BCUT2D eigenvalue weighted by atomic mass is 10.3. The van der Waals surface area contributed by atoms with E-state index in [0.717, 1.165) is 12.7 Å². The summed E-state index contributed by atoms with van der Waals surface area (Å²) < 4.78 is 2.18. The van der Waals surface area contributed by atoms with Crippen molar-refractivity contribution in [3.05, 3.63) is 24.5 Å². The molecule has 66 valence electrons. The van der Waals surface area contributed by atoms with Crippen molar-refractivity contribution in [2.75, 3.05) is 0 Å². The van der Waals surface area contributed by atoms with E-state index < -0.39 is 0 Å². The van der Waals surface area contributed by atoms with Crippen LogP contribution in [-0.4, -0.2) is 10.6 Å². The van der Waals surface area contributed by atoms with Gasteiger partial charge in [0.25, 0.3) is 0 Å². The first kappa shape index (κ1) is 7.87. The summed E-state index contributed by atoms with van der Waals surface area (Å²) in [6, 6.07) is 4.90. The smallest absolute Gasteiger partial charge is 0.0722 e. The molecule has 1 fully saturated rings. The van der Waals surface area contributed by atoms with E-state index >= 15 is 0 Å². The molecule has 0 radical (unpaired) electrons. The quantitative estimate of drug-likeness (QED) is 0.722. The van der Waals surface area contributed by atoms with Crippen molar-refractivity contribution in [3.63, 3.8) is 0 Å². The predicted molar refractivity (Wildman–Crippen MR) is 49.8 cm³/mol. The van der Waals surface area contributed by atoms with Crippen LogP contribution in [0, 0.1) is 0 Å². The maximum atomic E-state index is 3.55. The zero-order valence-corrected chi connectivity index (χ0v) is 7.37. The summed E-state index contributed by atoms with van der Waals surface area (Å²) in [4.78, 5) is 0. The van der Waals surface area contributed by atoms with E-state index in [4.69, 9.17) is 0 Å². The van der Waals surface area contributed by atoms with Crippen molar-refractivity contribution in [3.8, 4) is 0 Å². The van der Waals surface area contributed by atoms with E-state index in [2.05, 4.69) is 34.4 Å². The van der Waals surface area contributed by atoms with Gasteiger partial charge in [0.05, 0.1) is 6.67 Å². The molecule has 0 aromatic carbocycles. The van der Waals surface area contributed by atoms with Crippen LogP contribution in [0.1, 0.15) is 25.7 Å². The number of rotatable bonds is 3. The fraction of sp³-hybridized carbons (Fsp3) is 0.600. The second-order valence-corrected chi connectivity index (χ2v) is 3.54. The fourth-order valence-electron chi connectivity index (χ4n) is 1.84. The average Bonchev–Trinajstić information content (AvgIpc) is 2.74. The second-order valence-electron chi connectivity index (χ2n) is 3.54. The summed E-state index contributed by atoms with van der Waals surface area (Å²) in [5.41, 5.74) is 0. The zero-order valence-electron chi connectivity index (χ0n) is 7.37. The van der Waals surface area contributed by atoms with Gasteiger partial charge in [-0.25, -0.2) is 0 Å². The Kier molecular flexibility index (Phi) is 2.47. The molecule has 1 aliphatic rings. The highest BCUT2D eigenvalue weighted by molar-refractivity contribution is 4.90. The number of nitrogens with one attached hydrogen (secondary N) is 1. The van der Waals surface area contributed by atoms with Crippen LogP contribution in [-0.2, 0) is 6.67 Å². The summed E-state index contributed by atoms with van der Waals surface area (Å²) >= 11 is 0. The standard InChI is InChI=1S/C10H16N2/c1-2-6-10(5-1)11-9-12-7-3-4-8-12/h3-4,7-8,10-11H,1-2,5-6,9H2. The largest absolute Gasteiger partial charge is 0.341 e. The van der Waals surface area contributed by atoms with Crippen LogP contribution in [0.25, 0.3) is 0 Å². The minimum Gasteiger partial charge on any atom is -0.341 e. The first-order valence-corrected chi connectivity index (χ1v) is 4.79. The normalized spacial score (nSPS) is 18.7. The number of nitrogens with zero attached hydrogens (tertiary/aromatic N) is 1. The van der Waals surface area contributed by atoms with Gasteiger partial charge in [0, 0.05) is 18.4 Å². The Bertz CT molecular complexity index is 210. The lowest BCUT2D eigenvalue weighted by molar-refractivity contribution is 0.459. The topological polar surface area (TPSA) is 17.0 Å². The first-order valence-electron chi connectivity index (χ1n) is 4.79. The van der Waals surface area contributed by atoms with Gasteiger partial charge in [-0.3, -0.25) is 5.32 Å². The third kappa shape index (κ3) is 1.89. The molecule has 2 heteroatoms. The molecule has 0 amide bonds. The summed E-state index contributed by atoms with van der Waals surface area (Å²) in [6.45, 7) is 0.970. The summed E-state index contributed by atoms with van der Waals surface area (Å²) in [5, 5.41) is 3.55. The molecule has 0 atom stereocenters. The van der Waals surface area contributed by atoms with Crippen LogP contribution in [0.4, 0.5) is 0 Å². The van der Waals surface area contributed by atoms with Crippen molar-refractivity contribution in [1.29, 1.82) is 0 Å². The molecule has 2 nitrogen and oxygen atoms in total. The molecule has 1 heterocycles. The zero-order chi connectivity index (χ0) is 8.23. The molecule has 1 N–H and O–H groups in total. The van der Waals surface area contributed by atoms with Gasteiger partial charge in [-0.15, -0.1) is 0 Å². The van der Waals surface area contributed by atoms with Gasteiger partial charge in [-0.2, -0.15) is 0 Å². The Morgan fingerprint density at radius 3 is 2.50 bits per heavy atom. The van der Waals surface area contributed by atoms with Crippen LogP contribution in [0.2, 0.25) is 0 Å². The van der Waals surface area contributed by atoms with E-state index in [1.807, 2.05) is 0 Å². The van der Waals surface area contributed by atoms with Crippen molar-refractivity contribution in [2.45, 2.75) is 38.4 Å². The molecule has 2 rings (SSSR count). The van der Waals surface area contributed by atoms with E-state index in [-0.39, 0.29) is 0 Å². The highest BCUT2D eigenvalue weighted by Crippen LogP contribution is 2.17. The monoisotopic (exact) mass is 164 g/mol. The Hall–Kier alpha value is -0.760. The van der Waals surface area contributed by atoms with Gasteiger partial charge in [0.1, 0.15) is 0 Å². The molecule has 0 aliphatic heterocycles. The minimum absolute atomic E-state index is 0.771. The lowest BCUT2D eigenvalue weighted by Crippen LogP contribution is -2.27. The van der Waals surface area contributed by atoms with Crippen LogP contribution < -0.4 is 5.32 Å². The molecule has 1 aromatic rings. The summed E-state index contributed by atoms with van der Waals surface area (Å²) in [6.07, 6.45) is 9.74. The van der Waals surface area contributed by atoms with Crippen LogP contribution in [0.5, 0.6) is 0 Å². The van der Waals surface area contributed by atoms with Crippen LogP contribution >= 0.6 is 0 Å². The SMILES string of the molecule is c1ccn(CNC2CCCC2)c1. The van der Waals surface area contributed by atoms with Gasteiger partial charge in [0.15, 0.2) is 0 Å². The van der Waals surface area contributed by atoms with E-state index in [9.17, 15) is 0 Å². The fourth-order valence-corrected chi connectivity index (χ4v) is 1.84. The molecule has 0 unspecified atom stereocenters. The van der Waals surface area contributed by atoms with Crippen molar-refractivity contribution in [1.82, 2.24) is 9.88 Å². The first-order chi connectivity index (χ1) is 5.95. The van der Waals surface area contributed by atoms with E-state index in [0.29, 0.717) is 0 Å². The Balaban J connectivity index is 1.74. The molecule has 12 heavy (non-hydrogen) atoms. The molecule has 0 spiro atoms. The third-order valence-electron chi connectivity index (χ3n) is 2.58. The highest BCUT2D eigenvalue weighted by Gasteiger charge is 2.13. The Morgan fingerprint density at radius 1 is 1.17 bits per heavy atom. The molecule has 1 saturated carbocycles. The number of aromatic nitrogens is 1. The van der Waals surface area contributed by atoms with Crippen molar-refractivity contribution < 1.29 is 0 Å². The van der Waals surface area contributed by atoms with Gasteiger partial charge in [-0.05, 0) is 25.0 Å². The molecule has 0 bridgehead atoms. The van der Waals surface area contributed by atoms with Gasteiger partial charge < -0.3 is 4.57 Å². The summed E-state index contributed by atoms with van der Waals surface area (Å²) in [7, 11) is 0. The average molecular weight is 164 g/mol. The molecular weight excluding hydrogens is 148 g/mol. The third-order valence-corrected chi connectivity index (χ3v) is 2.58. The van der Waals surface area contributed by atoms with Crippen molar-refractivity contribution >= 4 is 0 Å². The Labute approximate surface area is 73.6 Å². The molecule has 1 aliphatic carbocycles. The molecule has 0 saturated heterocycles. The maximum Gasteiger partial charge on any atom is 0.0722 e. The lowest BCUT2D eigenvalue weighted by Gasteiger charge is -2.11. The number of hydrogen-bond donors (Lipinski definition) is 1. The van der Waals surface area contributed by atoms with Gasteiger partial charge >= 0.3 is 0 Å². The molecule has 1 aromatic heterocycles. The second kappa shape index (κ2) is 3.76. The molecular formula is C10H16N2. The van der Waals surface area contributed by atoms with E-state index in [1.165, 1.54) is 25.7 Å². The highest BCUT2D eigenvalue weighted by atomic mass is 15.1. The van der Waals surface area contributed by atoms with E-state index in [1.54, 1.807) is 0 Å². The minimum atomic E-state index is 0.771. The summed E-state index contributed by atoms with van der Waals surface area (Å²) in [5.74, 6) is 0. The van der Waals surface area contributed by atoms with Gasteiger partial charge in [-0.1, -0.05) is 12.8 Å². The maximum absolute atomic E-state index is 3.55. The Morgan fingerprint density at radius 2 is 1.83 bits per heavy atom. The predicted octanol–water partition coefficient (Wildman–Crippen LogP) is 1.98. The van der Waals surface area contributed by atoms with Gasteiger partial charge in [0.2, 0.25) is 0 Å².